The molecular formula is C14H24N2OS. The van der Waals surface area contributed by atoms with E-state index in [0.29, 0.717) is 12.5 Å². The summed E-state index contributed by atoms with van der Waals surface area (Å²) in [5.41, 5.74) is 0.140. The average molecular weight is 268 g/mol. The number of hydrogen-bond donors (Lipinski definition) is 2. The van der Waals surface area contributed by atoms with Crippen LogP contribution in [0.1, 0.15) is 50.0 Å². The minimum Gasteiger partial charge on any atom is -0.396 e. The van der Waals surface area contributed by atoms with Crippen LogP contribution in [-0.2, 0) is 0 Å². The van der Waals surface area contributed by atoms with Crippen LogP contribution >= 0.6 is 11.3 Å². The van der Waals surface area contributed by atoms with Gasteiger partial charge >= 0.3 is 0 Å². The van der Waals surface area contributed by atoms with Crippen molar-refractivity contribution in [2.75, 3.05) is 19.7 Å². The molecule has 18 heavy (non-hydrogen) atoms. The number of aliphatic hydroxyl groups excluding tert-OH is 1. The first-order chi connectivity index (χ1) is 8.76. The van der Waals surface area contributed by atoms with Gasteiger partial charge in [0, 0.05) is 42.6 Å². The lowest BCUT2D eigenvalue weighted by atomic mass is 9.74. The fourth-order valence-electron chi connectivity index (χ4n) is 2.81. The van der Waals surface area contributed by atoms with Crippen LogP contribution in [0.25, 0.3) is 0 Å². The molecule has 1 saturated carbocycles. The van der Waals surface area contributed by atoms with Gasteiger partial charge in [0.1, 0.15) is 0 Å². The molecule has 0 saturated heterocycles. The normalized spacial score (nSPS) is 20.8. The van der Waals surface area contributed by atoms with Crippen molar-refractivity contribution >= 4 is 11.3 Å². The molecule has 1 aliphatic rings. The Balaban J connectivity index is 1.76. The lowest BCUT2D eigenvalue weighted by Gasteiger charge is -2.36. The molecule has 102 valence electrons. The van der Waals surface area contributed by atoms with Crippen molar-refractivity contribution in [2.45, 2.75) is 44.9 Å². The summed E-state index contributed by atoms with van der Waals surface area (Å²) in [5.74, 6) is 0.462. The van der Waals surface area contributed by atoms with Gasteiger partial charge in [-0.05, 0) is 12.8 Å². The second-order valence-electron chi connectivity index (χ2n) is 5.62. The molecule has 0 aromatic carbocycles. The van der Waals surface area contributed by atoms with Gasteiger partial charge in [-0.15, -0.1) is 11.3 Å². The summed E-state index contributed by atoms with van der Waals surface area (Å²) in [5, 5.41) is 16.4. The molecule has 3 nitrogen and oxygen atoms in total. The molecule has 0 radical (unpaired) electrons. The van der Waals surface area contributed by atoms with Crippen LogP contribution < -0.4 is 5.32 Å². The van der Waals surface area contributed by atoms with Gasteiger partial charge in [0.2, 0.25) is 0 Å². The Morgan fingerprint density at radius 1 is 1.44 bits per heavy atom. The molecule has 0 amide bonds. The number of hydrogen-bond acceptors (Lipinski definition) is 4. The SMILES string of the molecule is CC(CNCC1(CO)CCCCC1)c1nccs1. The van der Waals surface area contributed by atoms with Gasteiger partial charge in [0.25, 0.3) is 0 Å². The topological polar surface area (TPSA) is 45.1 Å². The summed E-state index contributed by atoms with van der Waals surface area (Å²) in [6.45, 7) is 4.43. The van der Waals surface area contributed by atoms with Gasteiger partial charge in [-0.25, -0.2) is 4.98 Å². The molecule has 1 unspecified atom stereocenters. The number of nitrogens with zero attached hydrogens (tertiary/aromatic N) is 1. The Morgan fingerprint density at radius 3 is 2.83 bits per heavy atom. The molecule has 1 aromatic rings. The van der Waals surface area contributed by atoms with Crippen molar-refractivity contribution < 1.29 is 5.11 Å². The van der Waals surface area contributed by atoms with Gasteiger partial charge < -0.3 is 10.4 Å². The molecule has 0 spiro atoms. The van der Waals surface area contributed by atoms with Crippen molar-refractivity contribution in [1.29, 1.82) is 0 Å². The molecule has 0 bridgehead atoms. The van der Waals surface area contributed by atoms with Crippen LogP contribution in [0, 0.1) is 5.41 Å². The predicted molar refractivity (Wildman–Crippen MR) is 76.0 cm³/mol. The van der Waals surface area contributed by atoms with E-state index < -0.39 is 0 Å². The molecule has 0 aliphatic heterocycles. The minimum absolute atomic E-state index is 0.140. The third-order valence-electron chi connectivity index (χ3n) is 4.07. The largest absolute Gasteiger partial charge is 0.396 e. The van der Waals surface area contributed by atoms with Crippen LogP contribution in [0.4, 0.5) is 0 Å². The van der Waals surface area contributed by atoms with Crippen LogP contribution in [-0.4, -0.2) is 29.8 Å². The molecule has 2 N–H and O–H groups in total. The quantitative estimate of drug-likeness (QED) is 0.834. The second-order valence-corrected chi connectivity index (χ2v) is 6.55. The number of rotatable bonds is 6. The summed E-state index contributed by atoms with van der Waals surface area (Å²) in [4.78, 5) is 4.35. The zero-order valence-corrected chi connectivity index (χ0v) is 12.0. The fraction of sp³-hybridized carbons (Fsp3) is 0.786. The zero-order chi connectivity index (χ0) is 12.8. The molecule has 4 heteroatoms. The Kier molecular flexibility index (Phi) is 5.15. The Morgan fingerprint density at radius 2 is 2.22 bits per heavy atom. The van der Waals surface area contributed by atoms with E-state index in [0.717, 1.165) is 13.1 Å². The van der Waals surface area contributed by atoms with E-state index in [1.807, 2.05) is 11.6 Å². The lowest BCUT2D eigenvalue weighted by Crippen LogP contribution is -2.40. The highest BCUT2D eigenvalue weighted by Gasteiger charge is 2.30. The maximum absolute atomic E-state index is 9.64. The third kappa shape index (κ3) is 3.53. The summed E-state index contributed by atoms with van der Waals surface area (Å²) >= 11 is 1.72. The maximum atomic E-state index is 9.64. The Bertz CT molecular complexity index is 334. The van der Waals surface area contributed by atoms with E-state index in [1.165, 1.54) is 37.1 Å². The Labute approximate surface area is 114 Å². The summed E-state index contributed by atoms with van der Waals surface area (Å²) < 4.78 is 0. The molecular weight excluding hydrogens is 244 g/mol. The molecule has 2 rings (SSSR count). The summed E-state index contributed by atoms with van der Waals surface area (Å²) in [6, 6.07) is 0. The second kappa shape index (κ2) is 6.64. The van der Waals surface area contributed by atoms with Crippen molar-refractivity contribution in [2.24, 2.45) is 5.41 Å². The number of thiazole rings is 1. The van der Waals surface area contributed by atoms with Gasteiger partial charge in [-0.2, -0.15) is 0 Å². The van der Waals surface area contributed by atoms with E-state index in [9.17, 15) is 5.11 Å². The molecule has 1 atom stereocenters. The third-order valence-corrected chi connectivity index (χ3v) is 5.08. The first kappa shape index (κ1) is 14.0. The predicted octanol–water partition coefficient (Wildman–Crippen LogP) is 2.78. The standard InChI is InChI=1S/C14H24N2OS/c1-12(13-16-7-8-18-13)9-15-10-14(11-17)5-3-2-4-6-14/h7-8,12,15,17H,2-6,9-11H2,1H3. The highest BCUT2D eigenvalue weighted by atomic mass is 32.1. The minimum atomic E-state index is 0.140. The van der Waals surface area contributed by atoms with Crippen molar-refractivity contribution in [3.8, 4) is 0 Å². The molecule has 1 aliphatic carbocycles. The van der Waals surface area contributed by atoms with E-state index in [1.54, 1.807) is 11.3 Å². The van der Waals surface area contributed by atoms with E-state index in [4.69, 9.17) is 0 Å². The first-order valence-electron chi connectivity index (χ1n) is 6.97. The highest BCUT2D eigenvalue weighted by Crippen LogP contribution is 2.35. The lowest BCUT2D eigenvalue weighted by molar-refractivity contribution is 0.0812. The molecule has 1 fully saturated rings. The summed E-state index contributed by atoms with van der Waals surface area (Å²) in [6.07, 6.45) is 8.07. The van der Waals surface area contributed by atoms with Crippen LogP contribution in [0.15, 0.2) is 11.6 Å². The maximum Gasteiger partial charge on any atom is 0.0965 e. The molecule has 1 heterocycles. The smallest absolute Gasteiger partial charge is 0.0965 e. The molecule has 1 aromatic heterocycles. The van der Waals surface area contributed by atoms with E-state index in [2.05, 4.69) is 17.2 Å². The fourth-order valence-corrected chi connectivity index (χ4v) is 3.51. The monoisotopic (exact) mass is 268 g/mol. The van der Waals surface area contributed by atoms with Gasteiger partial charge in [0.05, 0.1) is 5.01 Å². The van der Waals surface area contributed by atoms with Crippen LogP contribution in [0.3, 0.4) is 0 Å². The van der Waals surface area contributed by atoms with Gasteiger partial charge in [-0.1, -0.05) is 26.2 Å². The Hall–Kier alpha value is -0.450. The average Bonchev–Trinajstić information content (AvgIpc) is 2.94. The van der Waals surface area contributed by atoms with Crippen molar-refractivity contribution in [3.63, 3.8) is 0 Å². The van der Waals surface area contributed by atoms with Crippen LogP contribution in [0.5, 0.6) is 0 Å². The first-order valence-corrected chi connectivity index (χ1v) is 7.85. The van der Waals surface area contributed by atoms with Crippen LogP contribution in [0.2, 0.25) is 0 Å². The van der Waals surface area contributed by atoms with E-state index >= 15 is 0 Å². The van der Waals surface area contributed by atoms with Gasteiger partial charge in [-0.3, -0.25) is 0 Å². The number of aromatic nitrogens is 1. The highest BCUT2D eigenvalue weighted by molar-refractivity contribution is 7.09. The van der Waals surface area contributed by atoms with E-state index in [-0.39, 0.29) is 5.41 Å². The van der Waals surface area contributed by atoms with Crippen molar-refractivity contribution in [1.82, 2.24) is 10.3 Å². The van der Waals surface area contributed by atoms with Crippen molar-refractivity contribution in [3.05, 3.63) is 16.6 Å². The van der Waals surface area contributed by atoms with Gasteiger partial charge in [0.15, 0.2) is 0 Å². The summed E-state index contributed by atoms with van der Waals surface area (Å²) in [7, 11) is 0. The number of aliphatic hydroxyl groups is 1. The number of nitrogens with one attached hydrogen (secondary N) is 1. The zero-order valence-electron chi connectivity index (χ0n) is 11.2.